The summed E-state index contributed by atoms with van der Waals surface area (Å²) in [5, 5.41) is 12.8. The molecule has 0 bridgehead atoms. The summed E-state index contributed by atoms with van der Waals surface area (Å²) in [5.74, 6) is 0.120. The van der Waals surface area contributed by atoms with E-state index in [0.717, 1.165) is 43.2 Å². The molecule has 2 aliphatic heterocycles. The minimum absolute atomic E-state index is 0.120. The maximum Gasteiger partial charge on any atom is 0.219 e. The van der Waals surface area contributed by atoms with Gasteiger partial charge in [-0.1, -0.05) is 0 Å². The second-order valence-electron chi connectivity index (χ2n) is 5.84. The number of nitrogens with one attached hydrogen (secondary N) is 1. The fraction of sp³-hybridized carbons (Fsp3) is 0.500. The molecule has 2 aliphatic rings. The summed E-state index contributed by atoms with van der Waals surface area (Å²) in [7, 11) is 2.07. The molecular formula is C16H21N5O. The molecule has 0 aromatic heterocycles. The van der Waals surface area contributed by atoms with Gasteiger partial charge in [0.15, 0.2) is 0 Å². The van der Waals surface area contributed by atoms with Crippen LogP contribution in [0.5, 0.6) is 0 Å². The van der Waals surface area contributed by atoms with Crippen LogP contribution in [0.15, 0.2) is 12.1 Å². The van der Waals surface area contributed by atoms with Crippen molar-refractivity contribution in [3.8, 4) is 6.07 Å². The van der Waals surface area contributed by atoms with Gasteiger partial charge in [-0.25, -0.2) is 0 Å². The summed E-state index contributed by atoms with van der Waals surface area (Å²) in [5.41, 5.74) is 3.82. The first-order chi connectivity index (χ1) is 10.6. The number of hydrogen-bond acceptors (Lipinski definition) is 5. The molecule has 1 saturated heterocycles. The number of nitrogens with zero attached hydrogens (tertiary/aromatic N) is 4. The van der Waals surface area contributed by atoms with E-state index in [2.05, 4.69) is 34.3 Å². The summed E-state index contributed by atoms with van der Waals surface area (Å²) in [4.78, 5) is 17.7. The monoisotopic (exact) mass is 299 g/mol. The SMILES string of the molecule is CC(=O)N1CCN(c2cc3c(cc2C#N)NCCN3C)CC1. The van der Waals surface area contributed by atoms with Crippen molar-refractivity contribution in [3.05, 3.63) is 17.7 Å². The summed E-state index contributed by atoms with van der Waals surface area (Å²) in [6.07, 6.45) is 0. The Balaban J connectivity index is 1.89. The fourth-order valence-electron chi connectivity index (χ4n) is 3.13. The van der Waals surface area contributed by atoms with Crippen molar-refractivity contribution in [2.75, 3.05) is 61.4 Å². The lowest BCUT2D eigenvalue weighted by Gasteiger charge is -2.37. The highest BCUT2D eigenvalue weighted by Crippen LogP contribution is 2.35. The normalized spacial score (nSPS) is 17.6. The van der Waals surface area contributed by atoms with E-state index in [1.807, 2.05) is 11.0 Å². The van der Waals surface area contributed by atoms with Gasteiger partial charge in [-0.2, -0.15) is 5.26 Å². The maximum absolute atomic E-state index is 11.4. The summed E-state index contributed by atoms with van der Waals surface area (Å²) in [6.45, 7) is 6.42. The number of fused-ring (bicyclic) bond motifs is 1. The Morgan fingerprint density at radius 3 is 2.55 bits per heavy atom. The molecule has 6 heteroatoms. The van der Waals surface area contributed by atoms with Crippen LogP contribution in [0.25, 0.3) is 0 Å². The summed E-state index contributed by atoms with van der Waals surface area (Å²) < 4.78 is 0. The van der Waals surface area contributed by atoms with Gasteiger partial charge in [0.05, 0.1) is 22.6 Å². The van der Waals surface area contributed by atoms with Gasteiger partial charge in [0.2, 0.25) is 5.91 Å². The lowest BCUT2D eigenvalue weighted by molar-refractivity contribution is -0.129. The van der Waals surface area contributed by atoms with E-state index >= 15 is 0 Å². The van der Waals surface area contributed by atoms with Gasteiger partial charge in [0.25, 0.3) is 0 Å². The highest BCUT2D eigenvalue weighted by atomic mass is 16.2. The number of amides is 1. The Morgan fingerprint density at radius 1 is 1.18 bits per heavy atom. The molecule has 1 fully saturated rings. The Hall–Kier alpha value is -2.42. The van der Waals surface area contributed by atoms with Crippen molar-refractivity contribution in [2.24, 2.45) is 0 Å². The summed E-state index contributed by atoms with van der Waals surface area (Å²) in [6, 6.07) is 6.35. The van der Waals surface area contributed by atoms with Crippen LogP contribution in [0.3, 0.4) is 0 Å². The predicted octanol–water partition coefficient (Wildman–Crippen LogP) is 1.09. The minimum Gasteiger partial charge on any atom is -0.382 e. The van der Waals surface area contributed by atoms with Gasteiger partial charge in [-0.3, -0.25) is 4.79 Å². The predicted molar refractivity (Wildman–Crippen MR) is 87.4 cm³/mol. The first-order valence-corrected chi connectivity index (χ1v) is 7.64. The van der Waals surface area contributed by atoms with Gasteiger partial charge < -0.3 is 20.0 Å². The quantitative estimate of drug-likeness (QED) is 0.841. The molecule has 1 amide bonds. The Morgan fingerprint density at radius 2 is 1.91 bits per heavy atom. The van der Waals surface area contributed by atoms with E-state index in [4.69, 9.17) is 0 Å². The highest BCUT2D eigenvalue weighted by molar-refractivity contribution is 5.81. The number of benzene rings is 1. The molecular weight excluding hydrogens is 278 g/mol. The second kappa shape index (κ2) is 5.76. The molecule has 0 unspecified atom stereocenters. The molecule has 1 aromatic carbocycles. The number of hydrogen-bond donors (Lipinski definition) is 1. The van der Waals surface area contributed by atoms with Crippen molar-refractivity contribution in [3.63, 3.8) is 0 Å². The molecule has 2 heterocycles. The van der Waals surface area contributed by atoms with Gasteiger partial charge in [0.1, 0.15) is 6.07 Å². The van der Waals surface area contributed by atoms with Crippen molar-refractivity contribution >= 4 is 23.0 Å². The van der Waals surface area contributed by atoms with Crippen LogP contribution in [-0.2, 0) is 4.79 Å². The van der Waals surface area contributed by atoms with Crippen LogP contribution < -0.4 is 15.1 Å². The smallest absolute Gasteiger partial charge is 0.219 e. The molecule has 1 N–H and O–H groups in total. The first-order valence-electron chi connectivity index (χ1n) is 7.64. The third kappa shape index (κ3) is 2.54. The van der Waals surface area contributed by atoms with Crippen LogP contribution in [0.4, 0.5) is 17.1 Å². The van der Waals surface area contributed by atoms with E-state index in [-0.39, 0.29) is 5.91 Å². The molecule has 0 aliphatic carbocycles. The van der Waals surface area contributed by atoms with Crippen LogP contribution >= 0.6 is 0 Å². The van der Waals surface area contributed by atoms with Gasteiger partial charge in [-0.15, -0.1) is 0 Å². The van der Waals surface area contributed by atoms with Crippen molar-refractivity contribution in [2.45, 2.75) is 6.92 Å². The van der Waals surface area contributed by atoms with E-state index in [9.17, 15) is 10.1 Å². The average molecular weight is 299 g/mol. The summed E-state index contributed by atoms with van der Waals surface area (Å²) >= 11 is 0. The average Bonchev–Trinajstić information content (AvgIpc) is 2.54. The number of piperazine rings is 1. The topological polar surface area (TPSA) is 62.6 Å². The lowest BCUT2D eigenvalue weighted by Crippen LogP contribution is -2.48. The molecule has 0 radical (unpaired) electrons. The number of carbonyl (C=O) groups excluding carboxylic acids is 1. The van der Waals surface area contributed by atoms with Gasteiger partial charge in [-0.05, 0) is 12.1 Å². The van der Waals surface area contributed by atoms with E-state index in [0.29, 0.717) is 18.7 Å². The molecule has 1 aromatic rings. The van der Waals surface area contributed by atoms with Gasteiger partial charge >= 0.3 is 0 Å². The second-order valence-corrected chi connectivity index (χ2v) is 5.84. The first kappa shape index (κ1) is 14.5. The maximum atomic E-state index is 11.4. The van der Waals surface area contributed by atoms with Crippen LogP contribution in [0.1, 0.15) is 12.5 Å². The molecule has 6 nitrogen and oxygen atoms in total. The molecule has 116 valence electrons. The standard InChI is InChI=1S/C16H21N5O/c1-12(22)20-5-7-21(8-6-20)15-10-16-14(9-13(15)11-17)18-3-4-19(16)2/h9-10,18H,3-8H2,1-2H3. The molecule has 0 atom stereocenters. The van der Waals surface area contributed by atoms with E-state index < -0.39 is 0 Å². The number of anilines is 3. The van der Waals surface area contributed by atoms with Crippen molar-refractivity contribution in [1.82, 2.24) is 4.90 Å². The highest BCUT2D eigenvalue weighted by Gasteiger charge is 2.23. The van der Waals surface area contributed by atoms with E-state index in [1.165, 1.54) is 0 Å². The lowest BCUT2D eigenvalue weighted by atomic mass is 10.1. The third-order valence-corrected chi connectivity index (χ3v) is 4.47. The zero-order chi connectivity index (χ0) is 15.7. The number of likely N-dealkylation sites (N-methyl/N-ethyl adjacent to an activating group) is 1. The number of rotatable bonds is 1. The number of carbonyl (C=O) groups is 1. The van der Waals surface area contributed by atoms with E-state index in [1.54, 1.807) is 6.92 Å². The van der Waals surface area contributed by atoms with Crippen molar-refractivity contribution < 1.29 is 4.79 Å². The zero-order valence-electron chi connectivity index (χ0n) is 13.1. The Bertz CT molecular complexity index is 628. The Labute approximate surface area is 130 Å². The molecule has 3 rings (SSSR count). The largest absolute Gasteiger partial charge is 0.382 e. The molecule has 0 spiro atoms. The molecule has 0 saturated carbocycles. The van der Waals surface area contributed by atoms with Crippen LogP contribution in [-0.4, -0.2) is 57.1 Å². The minimum atomic E-state index is 0.120. The Kier molecular flexibility index (Phi) is 3.80. The number of nitriles is 1. The van der Waals surface area contributed by atoms with Crippen LogP contribution in [0.2, 0.25) is 0 Å². The van der Waals surface area contributed by atoms with Crippen LogP contribution in [0, 0.1) is 11.3 Å². The third-order valence-electron chi connectivity index (χ3n) is 4.47. The van der Waals surface area contributed by atoms with Crippen molar-refractivity contribution in [1.29, 1.82) is 5.26 Å². The van der Waals surface area contributed by atoms with Gasteiger partial charge in [0, 0.05) is 53.2 Å². The molecule has 22 heavy (non-hydrogen) atoms. The zero-order valence-corrected chi connectivity index (χ0v) is 13.1. The fourth-order valence-corrected chi connectivity index (χ4v) is 3.13.